The zero-order chi connectivity index (χ0) is 20.9. The van der Waals surface area contributed by atoms with Crippen LogP contribution in [0.15, 0.2) is 30.3 Å². The molecule has 10 heteroatoms. The summed E-state index contributed by atoms with van der Waals surface area (Å²) >= 11 is 0. The summed E-state index contributed by atoms with van der Waals surface area (Å²) in [4.78, 5) is 11.9. The summed E-state index contributed by atoms with van der Waals surface area (Å²) in [5, 5.41) is 20.7. The Morgan fingerprint density at radius 1 is 0.964 bits per heavy atom. The summed E-state index contributed by atoms with van der Waals surface area (Å²) in [5.74, 6) is -2.69. The number of carbonyl (C=O) groups is 1. The minimum Gasteiger partial charge on any atom is -0.483 e. The molecular formula is C18H16F5NO4. The van der Waals surface area contributed by atoms with Gasteiger partial charge >= 0.3 is 6.18 Å². The third-order valence-electron chi connectivity index (χ3n) is 3.75. The van der Waals surface area contributed by atoms with Crippen LogP contribution < -0.4 is 10.1 Å². The second kappa shape index (κ2) is 8.98. The van der Waals surface area contributed by atoms with E-state index >= 15 is 0 Å². The topological polar surface area (TPSA) is 78.8 Å². The summed E-state index contributed by atoms with van der Waals surface area (Å²) in [6.07, 6.45) is -4.79. The van der Waals surface area contributed by atoms with Gasteiger partial charge in [-0.2, -0.15) is 13.2 Å². The van der Waals surface area contributed by atoms with Crippen LogP contribution in [-0.4, -0.2) is 22.7 Å². The molecule has 3 N–H and O–H groups in total. The van der Waals surface area contributed by atoms with E-state index in [4.69, 9.17) is 4.74 Å². The lowest BCUT2D eigenvalue weighted by Gasteiger charge is -2.15. The van der Waals surface area contributed by atoms with Gasteiger partial charge in [-0.15, -0.1) is 0 Å². The molecule has 0 aliphatic heterocycles. The van der Waals surface area contributed by atoms with Gasteiger partial charge in [0.2, 0.25) is 0 Å². The van der Waals surface area contributed by atoms with Crippen LogP contribution in [0.25, 0.3) is 0 Å². The summed E-state index contributed by atoms with van der Waals surface area (Å²) in [7, 11) is 0. The summed E-state index contributed by atoms with van der Waals surface area (Å²) in [6.45, 7) is -2.42. The van der Waals surface area contributed by atoms with Crippen molar-refractivity contribution < 1.29 is 41.7 Å². The fourth-order valence-electron chi connectivity index (χ4n) is 2.48. The number of hydrogen-bond acceptors (Lipinski definition) is 4. The Morgan fingerprint density at radius 2 is 1.57 bits per heavy atom. The lowest BCUT2D eigenvalue weighted by Crippen LogP contribution is -2.29. The number of ether oxygens (including phenoxy) is 1. The number of carbonyl (C=O) groups excluding carboxylic acids is 1. The first kappa shape index (κ1) is 21.6. The second-order valence-electron chi connectivity index (χ2n) is 5.73. The van der Waals surface area contributed by atoms with E-state index in [0.717, 1.165) is 24.3 Å². The molecule has 2 aromatic rings. The average molecular weight is 405 g/mol. The van der Waals surface area contributed by atoms with Crippen LogP contribution in [0, 0.1) is 11.6 Å². The van der Waals surface area contributed by atoms with Crippen LogP contribution >= 0.6 is 0 Å². The lowest BCUT2D eigenvalue weighted by molar-refractivity contribution is -0.138. The Morgan fingerprint density at radius 3 is 2.11 bits per heavy atom. The number of halogens is 5. The maximum Gasteiger partial charge on any atom is 0.416 e. The summed E-state index contributed by atoms with van der Waals surface area (Å²) in [6, 6.07) is 4.00. The van der Waals surface area contributed by atoms with Crippen LogP contribution in [0.4, 0.5) is 22.0 Å². The highest BCUT2D eigenvalue weighted by molar-refractivity contribution is 5.77. The Balaban J connectivity index is 2.06. The van der Waals surface area contributed by atoms with Gasteiger partial charge in [-0.1, -0.05) is 6.07 Å². The van der Waals surface area contributed by atoms with Gasteiger partial charge < -0.3 is 20.3 Å². The normalized spacial score (nSPS) is 11.4. The molecule has 0 heterocycles. The van der Waals surface area contributed by atoms with Crippen molar-refractivity contribution in [3.63, 3.8) is 0 Å². The number of amides is 1. The molecule has 0 atom stereocenters. The fourth-order valence-corrected chi connectivity index (χ4v) is 2.48. The third-order valence-corrected chi connectivity index (χ3v) is 3.75. The number of nitrogens with one attached hydrogen (secondary N) is 1. The number of aliphatic hydroxyl groups excluding tert-OH is 2. The molecule has 0 unspecified atom stereocenters. The first-order valence-corrected chi connectivity index (χ1v) is 7.93. The number of aliphatic hydroxyl groups is 2. The van der Waals surface area contributed by atoms with Crippen molar-refractivity contribution in [2.75, 3.05) is 6.61 Å². The highest BCUT2D eigenvalue weighted by Gasteiger charge is 2.33. The molecule has 0 saturated carbocycles. The van der Waals surface area contributed by atoms with Gasteiger partial charge in [0, 0.05) is 17.7 Å². The molecular weight excluding hydrogens is 389 g/mol. The van der Waals surface area contributed by atoms with Gasteiger partial charge in [-0.3, -0.25) is 4.79 Å². The molecule has 28 heavy (non-hydrogen) atoms. The van der Waals surface area contributed by atoms with Crippen molar-refractivity contribution in [1.29, 1.82) is 0 Å². The molecule has 0 bridgehead atoms. The summed E-state index contributed by atoms with van der Waals surface area (Å²) < 4.78 is 70.5. The van der Waals surface area contributed by atoms with Crippen LogP contribution in [0.5, 0.6) is 5.75 Å². The highest BCUT2D eigenvalue weighted by atomic mass is 19.4. The third kappa shape index (κ3) is 5.40. The number of hydrogen-bond donors (Lipinski definition) is 3. The number of alkyl halides is 3. The first-order chi connectivity index (χ1) is 13.2. The van der Waals surface area contributed by atoms with Crippen molar-refractivity contribution in [1.82, 2.24) is 5.32 Å². The molecule has 0 radical (unpaired) electrons. The standard InChI is InChI=1S/C18H16F5NO4/c19-13-2-1-10(15(5-13)18(21,22)23)6-24-16(27)9-28-17-11(7-25)3-14(20)4-12(17)8-26/h1-5,25-26H,6-9H2,(H,24,27). The lowest BCUT2D eigenvalue weighted by atomic mass is 10.1. The van der Waals surface area contributed by atoms with Gasteiger partial charge in [0.25, 0.3) is 5.91 Å². The molecule has 2 rings (SSSR count). The van der Waals surface area contributed by atoms with Gasteiger partial charge in [-0.25, -0.2) is 8.78 Å². The predicted molar refractivity (Wildman–Crippen MR) is 87.0 cm³/mol. The van der Waals surface area contributed by atoms with Crippen LogP contribution in [0.2, 0.25) is 0 Å². The maximum absolute atomic E-state index is 13.4. The van der Waals surface area contributed by atoms with Gasteiger partial charge in [0.05, 0.1) is 18.8 Å². The minimum absolute atomic E-state index is 0.00487. The Bertz CT molecular complexity index is 829. The van der Waals surface area contributed by atoms with Crippen LogP contribution in [0.1, 0.15) is 22.3 Å². The Kier molecular flexibility index (Phi) is 6.92. The molecule has 0 saturated heterocycles. The molecule has 0 aromatic heterocycles. The summed E-state index contributed by atoms with van der Waals surface area (Å²) in [5.41, 5.74) is -1.56. The molecule has 0 aliphatic rings. The van der Waals surface area contributed by atoms with Crippen molar-refractivity contribution in [2.45, 2.75) is 25.9 Å². The maximum atomic E-state index is 13.4. The van der Waals surface area contributed by atoms with E-state index in [0.29, 0.717) is 6.07 Å². The largest absolute Gasteiger partial charge is 0.483 e. The Labute approximate surface area is 156 Å². The predicted octanol–water partition coefficient (Wildman–Crippen LogP) is 2.66. The SMILES string of the molecule is O=C(COc1c(CO)cc(F)cc1CO)NCc1ccc(F)cc1C(F)(F)F. The molecule has 5 nitrogen and oxygen atoms in total. The quantitative estimate of drug-likeness (QED) is 0.619. The van der Waals surface area contributed by atoms with E-state index in [9.17, 15) is 37.0 Å². The fraction of sp³-hybridized carbons (Fsp3) is 0.278. The smallest absolute Gasteiger partial charge is 0.416 e. The number of benzene rings is 2. The van der Waals surface area contributed by atoms with Crippen molar-refractivity contribution >= 4 is 5.91 Å². The van der Waals surface area contributed by atoms with E-state index in [2.05, 4.69) is 5.32 Å². The molecule has 0 fully saturated rings. The molecule has 152 valence electrons. The van der Waals surface area contributed by atoms with Crippen molar-refractivity contribution in [2.24, 2.45) is 0 Å². The molecule has 0 spiro atoms. The van der Waals surface area contributed by atoms with E-state index < -0.39 is 55.6 Å². The van der Waals surface area contributed by atoms with Gasteiger partial charge in [0.1, 0.15) is 17.4 Å². The highest BCUT2D eigenvalue weighted by Crippen LogP contribution is 2.32. The van der Waals surface area contributed by atoms with Crippen LogP contribution in [-0.2, 0) is 30.7 Å². The molecule has 2 aromatic carbocycles. The average Bonchev–Trinajstić information content (AvgIpc) is 2.64. The molecule has 1 amide bonds. The van der Waals surface area contributed by atoms with E-state index in [1.54, 1.807) is 0 Å². The monoisotopic (exact) mass is 405 g/mol. The van der Waals surface area contributed by atoms with Crippen molar-refractivity contribution in [3.8, 4) is 5.75 Å². The zero-order valence-corrected chi connectivity index (χ0v) is 14.3. The molecule has 0 aliphatic carbocycles. The van der Waals surface area contributed by atoms with Crippen LogP contribution in [0.3, 0.4) is 0 Å². The first-order valence-electron chi connectivity index (χ1n) is 7.93. The van der Waals surface area contributed by atoms with E-state index in [-0.39, 0.29) is 22.4 Å². The van der Waals surface area contributed by atoms with Gasteiger partial charge in [-0.05, 0) is 29.8 Å². The van der Waals surface area contributed by atoms with E-state index in [1.165, 1.54) is 0 Å². The second-order valence-corrected chi connectivity index (χ2v) is 5.73. The zero-order valence-electron chi connectivity index (χ0n) is 14.3. The number of rotatable bonds is 7. The van der Waals surface area contributed by atoms with Crippen molar-refractivity contribution in [3.05, 3.63) is 64.2 Å². The minimum atomic E-state index is -4.79. The van der Waals surface area contributed by atoms with E-state index in [1.807, 2.05) is 0 Å². The van der Waals surface area contributed by atoms with Gasteiger partial charge in [0.15, 0.2) is 6.61 Å². The Hall–Kier alpha value is -2.72.